The quantitative estimate of drug-likeness (QED) is 0.0967. The number of ketones is 1. The minimum absolute atomic E-state index is 0.0260. The fourth-order valence-corrected chi connectivity index (χ4v) is 4.85. The van der Waals surface area contributed by atoms with Gasteiger partial charge in [0.2, 0.25) is 0 Å². The van der Waals surface area contributed by atoms with E-state index >= 15 is 0 Å². The SMILES string of the molecule is CCCCCCCCCCCCCCCCCC(=O)CC(O)C(O)C(C[N+](C)(C)C)OP(=O)([O-])O. The highest BCUT2D eigenvalue weighted by Crippen LogP contribution is 2.34. The monoisotopic (exact) mass is 523 g/mol. The van der Waals surface area contributed by atoms with E-state index in [1.807, 2.05) is 0 Å². The molecule has 4 atom stereocenters. The van der Waals surface area contributed by atoms with E-state index in [2.05, 4.69) is 11.4 Å². The van der Waals surface area contributed by atoms with Gasteiger partial charge in [-0.2, -0.15) is 0 Å². The summed E-state index contributed by atoms with van der Waals surface area (Å²) in [6, 6.07) is 0. The minimum atomic E-state index is -5.10. The van der Waals surface area contributed by atoms with E-state index in [0.29, 0.717) is 6.42 Å². The molecule has 0 rings (SSSR count). The van der Waals surface area contributed by atoms with Gasteiger partial charge in [-0.1, -0.05) is 96.8 Å². The number of carbonyl (C=O) groups excluding carboxylic acids is 1. The summed E-state index contributed by atoms with van der Waals surface area (Å²) < 4.78 is 16.0. The Kier molecular flexibility index (Phi) is 19.5. The first-order valence-electron chi connectivity index (χ1n) is 13.8. The molecule has 0 bridgehead atoms. The van der Waals surface area contributed by atoms with Crippen molar-refractivity contribution in [1.82, 2.24) is 0 Å². The number of unbranched alkanes of at least 4 members (excludes halogenated alkanes) is 14. The van der Waals surface area contributed by atoms with Crippen LogP contribution in [0.3, 0.4) is 0 Å². The molecule has 0 fully saturated rings. The number of phosphoric acid groups is 1. The summed E-state index contributed by atoms with van der Waals surface area (Å²) in [5, 5.41) is 20.6. The Hall–Kier alpha value is -0.340. The average molecular weight is 524 g/mol. The van der Waals surface area contributed by atoms with Crippen molar-refractivity contribution in [3.8, 4) is 0 Å². The minimum Gasteiger partial charge on any atom is -0.756 e. The summed E-state index contributed by atoms with van der Waals surface area (Å²) >= 11 is 0. The van der Waals surface area contributed by atoms with E-state index in [4.69, 9.17) is 4.89 Å². The number of nitrogens with zero attached hydrogens (tertiary/aromatic N) is 1. The van der Waals surface area contributed by atoms with Crippen molar-refractivity contribution in [1.29, 1.82) is 0 Å². The fraction of sp³-hybridized carbons (Fsp3) is 0.962. The maximum Gasteiger partial charge on any atom is 0.265 e. The Labute approximate surface area is 214 Å². The van der Waals surface area contributed by atoms with Crippen molar-refractivity contribution in [2.75, 3.05) is 27.7 Å². The highest BCUT2D eigenvalue weighted by atomic mass is 31.2. The summed E-state index contributed by atoms with van der Waals surface area (Å²) in [4.78, 5) is 32.4. The molecule has 3 N–H and O–H groups in total. The fourth-order valence-electron chi connectivity index (χ4n) is 4.31. The molecule has 0 aromatic carbocycles. The van der Waals surface area contributed by atoms with Crippen LogP contribution in [0.2, 0.25) is 0 Å². The van der Waals surface area contributed by atoms with Crippen LogP contribution in [0.25, 0.3) is 0 Å². The zero-order valence-electron chi connectivity index (χ0n) is 22.8. The van der Waals surface area contributed by atoms with E-state index in [1.165, 1.54) is 77.0 Å². The second-order valence-corrected chi connectivity index (χ2v) is 12.2. The molecule has 35 heavy (non-hydrogen) atoms. The third-order valence-electron chi connectivity index (χ3n) is 6.27. The molecule has 0 heterocycles. The topological polar surface area (TPSA) is 127 Å². The summed E-state index contributed by atoms with van der Waals surface area (Å²) in [6.45, 7) is 2.27. The molecular weight excluding hydrogens is 469 g/mol. The van der Waals surface area contributed by atoms with Crippen molar-refractivity contribution < 1.29 is 38.4 Å². The molecule has 0 saturated heterocycles. The summed E-state index contributed by atoms with van der Waals surface area (Å²) in [7, 11) is 0.164. The zero-order chi connectivity index (χ0) is 26.7. The van der Waals surface area contributed by atoms with Crippen molar-refractivity contribution in [3.05, 3.63) is 0 Å². The predicted octanol–water partition coefficient (Wildman–Crippen LogP) is 4.48. The number of likely N-dealkylation sites (N-methyl/N-ethyl adjacent to an activating group) is 1. The third kappa shape index (κ3) is 22.6. The predicted molar refractivity (Wildman–Crippen MR) is 139 cm³/mol. The lowest BCUT2D eigenvalue weighted by molar-refractivity contribution is -0.873. The van der Waals surface area contributed by atoms with Crippen LogP contribution in [0.15, 0.2) is 0 Å². The van der Waals surface area contributed by atoms with Crippen molar-refractivity contribution in [2.24, 2.45) is 0 Å². The van der Waals surface area contributed by atoms with Gasteiger partial charge in [0.15, 0.2) is 0 Å². The maximum absolute atomic E-state index is 12.2. The lowest BCUT2D eigenvalue weighted by Crippen LogP contribution is -2.50. The maximum atomic E-state index is 12.2. The Bertz CT molecular complexity index is 577. The van der Waals surface area contributed by atoms with Gasteiger partial charge in [-0.15, -0.1) is 0 Å². The van der Waals surface area contributed by atoms with Crippen LogP contribution >= 0.6 is 7.82 Å². The smallest absolute Gasteiger partial charge is 0.265 e. The van der Waals surface area contributed by atoms with E-state index in [0.717, 1.165) is 19.3 Å². The molecule has 0 aromatic heterocycles. The van der Waals surface area contributed by atoms with Crippen LogP contribution < -0.4 is 4.89 Å². The molecule has 210 valence electrons. The summed E-state index contributed by atoms with van der Waals surface area (Å²) in [5.41, 5.74) is 0. The van der Waals surface area contributed by atoms with Crippen molar-refractivity contribution >= 4 is 13.6 Å². The average Bonchev–Trinajstić information content (AvgIpc) is 2.73. The first-order valence-corrected chi connectivity index (χ1v) is 15.3. The third-order valence-corrected chi connectivity index (χ3v) is 6.80. The molecule has 0 aromatic rings. The van der Waals surface area contributed by atoms with E-state index < -0.39 is 26.1 Å². The van der Waals surface area contributed by atoms with Crippen LogP contribution in [0.1, 0.15) is 116 Å². The number of quaternary nitrogens is 1. The standard InChI is InChI=1S/C26H54NO7P/c1-5-6-7-8-9-10-11-12-13-14-15-16-17-18-19-20-23(28)21-24(29)26(30)25(22-27(2,3)4)34-35(31,32)33/h24-26,29-30H,5-22H2,1-4H3,(H-,31,32,33). The number of hydrogen-bond donors (Lipinski definition) is 3. The van der Waals surface area contributed by atoms with Crippen molar-refractivity contribution in [2.45, 2.75) is 134 Å². The summed E-state index contributed by atoms with van der Waals surface area (Å²) in [5.74, 6) is -0.176. The second-order valence-electron chi connectivity index (χ2n) is 11.1. The number of aliphatic hydroxyl groups excluding tert-OH is 2. The Morgan fingerprint density at radius 3 is 1.60 bits per heavy atom. The van der Waals surface area contributed by atoms with Crippen LogP contribution in [-0.4, -0.2) is 71.4 Å². The van der Waals surface area contributed by atoms with Gasteiger partial charge in [0.05, 0.1) is 27.2 Å². The van der Waals surface area contributed by atoms with Gasteiger partial charge in [0, 0.05) is 12.8 Å². The molecule has 9 heteroatoms. The number of aliphatic hydroxyl groups is 2. The number of Topliss-reactive ketones (excluding diaryl/α,β-unsaturated/α-hetero) is 1. The largest absolute Gasteiger partial charge is 0.756 e. The van der Waals surface area contributed by atoms with Crippen LogP contribution in [0.5, 0.6) is 0 Å². The van der Waals surface area contributed by atoms with Gasteiger partial charge in [-0.05, 0) is 6.42 Å². The molecule has 0 aliphatic rings. The zero-order valence-corrected chi connectivity index (χ0v) is 23.7. The van der Waals surface area contributed by atoms with Gasteiger partial charge >= 0.3 is 0 Å². The number of carbonyl (C=O) groups is 1. The highest BCUT2D eigenvalue weighted by molar-refractivity contribution is 7.44. The normalized spacial score (nSPS) is 16.6. The Morgan fingerprint density at radius 1 is 0.829 bits per heavy atom. The Morgan fingerprint density at radius 2 is 1.23 bits per heavy atom. The molecule has 0 aliphatic heterocycles. The molecule has 0 saturated carbocycles. The highest BCUT2D eigenvalue weighted by Gasteiger charge is 2.34. The van der Waals surface area contributed by atoms with Gasteiger partial charge in [-0.25, -0.2) is 0 Å². The first-order chi connectivity index (χ1) is 16.4. The molecule has 0 aliphatic carbocycles. The number of phosphoric ester groups is 1. The number of hydrogen-bond acceptors (Lipinski definition) is 6. The lowest BCUT2D eigenvalue weighted by Gasteiger charge is -2.34. The van der Waals surface area contributed by atoms with Crippen molar-refractivity contribution in [3.63, 3.8) is 0 Å². The number of rotatable bonds is 24. The van der Waals surface area contributed by atoms with Gasteiger partial charge in [0.1, 0.15) is 24.5 Å². The molecule has 0 spiro atoms. The first kappa shape index (κ1) is 34.7. The molecular formula is C26H54NO7P. The molecule has 4 unspecified atom stereocenters. The van der Waals surface area contributed by atoms with Gasteiger partial charge in [-0.3, -0.25) is 9.36 Å². The molecule has 8 nitrogen and oxygen atoms in total. The molecule has 0 amide bonds. The lowest BCUT2D eigenvalue weighted by atomic mass is 9.99. The second kappa shape index (κ2) is 19.7. The van der Waals surface area contributed by atoms with Crippen LogP contribution in [0.4, 0.5) is 0 Å². The van der Waals surface area contributed by atoms with Crippen LogP contribution in [0, 0.1) is 0 Å². The summed E-state index contributed by atoms with van der Waals surface area (Å²) in [6.07, 6.45) is 14.3. The van der Waals surface area contributed by atoms with E-state index in [9.17, 15) is 24.5 Å². The van der Waals surface area contributed by atoms with Crippen LogP contribution in [-0.2, 0) is 13.9 Å². The van der Waals surface area contributed by atoms with Gasteiger partial charge in [0.25, 0.3) is 7.82 Å². The van der Waals surface area contributed by atoms with E-state index in [1.54, 1.807) is 21.1 Å². The van der Waals surface area contributed by atoms with E-state index in [-0.39, 0.29) is 23.2 Å². The van der Waals surface area contributed by atoms with Gasteiger partial charge < -0.3 is 29.0 Å². The molecule has 0 radical (unpaired) electrons. The Balaban J connectivity index is 3.91.